The number of benzene rings is 1. The molecule has 0 aliphatic carbocycles. The summed E-state index contributed by atoms with van der Waals surface area (Å²) in [5.74, 6) is 1.63. The molecule has 154 valence electrons. The van der Waals surface area contributed by atoms with Crippen LogP contribution in [0.15, 0.2) is 53.2 Å². The zero-order valence-corrected chi connectivity index (χ0v) is 17.0. The van der Waals surface area contributed by atoms with Crippen LogP contribution in [0.3, 0.4) is 0 Å². The van der Waals surface area contributed by atoms with Crippen molar-refractivity contribution in [2.75, 3.05) is 32.1 Å². The van der Waals surface area contributed by atoms with Gasteiger partial charge in [0.05, 0.1) is 18.7 Å². The summed E-state index contributed by atoms with van der Waals surface area (Å²) in [4.78, 5) is 10.9. The summed E-state index contributed by atoms with van der Waals surface area (Å²) < 4.78 is 11.2. The Bertz CT molecular complexity index is 989. The maximum atomic E-state index is 9.51. The number of anilines is 1. The minimum absolute atomic E-state index is 0.162. The lowest BCUT2D eigenvalue weighted by atomic mass is 10.0. The third-order valence-electron chi connectivity index (χ3n) is 5.43. The Hall–Kier alpha value is -3.37. The standard InChI is InChI=1S/C23H25N5O2/c1-29-19-9-7-17(8-10-19)21(28-12-3-2-4-13-28)16-26-23-20(14-24)27-22(30-23)18-6-5-11-25-15-18/h5-11,15,21,26H,2-4,12-13,16H2,1H3/t21-/m0/s1. The van der Waals surface area contributed by atoms with E-state index in [0.717, 1.165) is 24.4 Å². The van der Waals surface area contributed by atoms with Crippen molar-refractivity contribution >= 4 is 5.88 Å². The second kappa shape index (κ2) is 9.42. The minimum atomic E-state index is 0.162. The molecule has 1 saturated heterocycles. The molecule has 1 aromatic carbocycles. The monoisotopic (exact) mass is 403 g/mol. The number of hydrogen-bond donors (Lipinski definition) is 1. The number of hydrogen-bond acceptors (Lipinski definition) is 7. The molecule has 0 radical (unpaired) electrons. The summed E-state index contributed by atoms with van der Waals surface area (Å²) in [5, 5.41) is 12.8. The first-order valence-electron chi connectivity index (χ1n) is 10.2. The predicted octanol–water partition coefficient (Wildman–Crippen LogP) is 4.26. The molecule has 0 spiro atoms. The second-order valence-electron chi connectivity index (χ2n) is 7.32. The van der Waals surface area contributed by atoms with E-state index in [0.29, 0.717) is 18.3 Å². The predicted molar refractivity (Wildman–Crippen MR) is 114 cm³/mol. The topological polar surface area (TPSA) is 87.2 Å². The summed E-state index contributed by atoms with van der Waals surface area (Å²) in [7, 11) is 1.67. The first-order valence-corrected chi connectivity index (χ1v) is 10.2. The van der Waals surface area contributed by atoms with E-state index in [1.165, 1.54) is 24.8 Å². The highest BCUT2D eigenvalue weighted by Crippen LogP contribution is 2.29. The molecule has 0 saturated carbocycles. The first kappa shape index (κ1) is 19.9. The average molecular weight is 403 g/mol. The number of piperidine rings is 1. The number of likely N-dealkylation sites (tertiary alicyclic amines) is 1. The number of pyridine rings is 1. The van der Waals surface area contributed by atoms with Gasteiger partial charge in [-0.3, -0.25) is 9.88 Å². The molecule has 7 nitrogen and oxygen atoms in total. The molecule has 7 heteroatoms. The maximum Gasteiger partial charge on any atom is 0.232 e. The number of oxazole rings is 1. The fraction of sp³-hybridized carbons (Fsp3) is 0.348. The molecule has 0 unspecified atom stereocenters. The molecule has 1 aliphatic rings. The van der Waals surface area contributed by atoms with Gasteiger partial charge in [0.15, 0.2) is 0 Å². The van der Waals surface area contributed by atoms with Gasteiger partial charge in [-0.1, -0.05) is 18.6 Å². The van der Waals surface area contributed by atoms with E-state index in [2.05, 4.69) is 38.4 Å². The van der Waals surface area contributed by atoms with E-state index in [1.54, 1.807) is 19.5 Å². The largest absolute Gasteiger partial charge is 0.497 e. The van der Waals surface area contributed by atoms with Crippen LogP contribution in [0, 0.1) is 11.3 Å². The van der Waals surface area contributed by atoms with Crippen LogP contribution >= 0.6 is 0 Å². The third-order valence-corrected chi connectivity index (χ3v) is 5.43. The van der Waals surface area contributed by atoms with Crippen LogP contribution in [0.25, 0.3) is 11.5 Å². The maximum absolute atomic E-state index is 9.51. The first-order chi connectivity index (χ1) is 14.8. The number of ether oxygens (including phenoxy) is 1. The van der Waals surface area contributed by atoms with Crippen molar-refractivity contribution in [3.8, 4) is 23.3 Å². The van der Waals surface area contributed by atoms with Crippen molar-refractivity contribution in [2.45, 2.75) is 25.3 Å². The Morgan fingerprint density at radius 2 is 2.00 bits per heavy atom. The lowest BCUT2D eigenvalue weighted by Gasteiger charge is -2.35. The number of methoxy groups -OCH3 is 1. The molecule has 1 N–H and O–H groups in total. The second-order valence-corrected chi connectivity index (χ2v) is 7.32. The number of aromatic nitrogens is 2. The Labute approximate surface area is 176 Å². The van der Waals surface area contributed by atoms with Crippen molar-refractivity contribution in [3.63, 3.8) is 0 Å². The van der Waals surface area contributed by atoms with Gasteiger partial charge in [-0.25, -0.2) is 0 Å². The molecule has 0 amide bonds. The summed E-state index contributed by atoms with van der Waals surface area (Å²) in [6.45, 7) is 2.73. The summed E-state index contributed by atoms with van der Waals surface area (Å²) in [5.41, 5.74) is 2.20. The van der Waals surface area contributed by atoms with Crippen LogP contribution in [0.1, 0.15) is 36.6 Å². The molecular formula is C23H25N5O2. The smallest absolute Gasteiger partial charge is 0.232 e. The number of nitriles is 1. The molecular weight excluding hydrogens is 378 g/mol. The Morgan fingerprint density at radius 1 is 1.20 bits per heavy atom. The van der Waals surface area contributed by atoms with Gasteiger partial charge in [-0.05, 0) is 55.8 Å². The van der Waals surface area contributed by atoms with Gasteiger partial charge in [0.25, 0.3) is 0 Å². The van der Waals surface area contributed by atoms with Crippen LogP contribution in [0.2, 0.25) is 0 Å². The van der Waals surface area contributed by atoms with Crippen LogP contribution < -0.4 is 10.1 Å². The summed E-state index contributed by atoms with van der Waals surface area (Å²) in [6, 6.07) is 14.1. The molecule has 0 bridgehead atoms. The van der Waals surface area contributed by atoms with Crippen molar-refractivity contribution in [2.24, 2.45) is 0 Å². The van der Waals surface area contributed by atoms with E-state index < -0.39 is 0 Å². The van der Waals surface area contributed by atoms with Crippen molar-refractivity contribution in [1.29, 1.82) is 5.26 Å². The fourth-order valence-electron chi connectivity index (χ4n) is 3.83. The Morgan fingerprint density at radius 3 is 2.67 bits per heavy atom. The van der Waals surface area contributed by atoms with Gasteiger partial charge in [-0.2, -0.15) is 10.2 Å². The van der Waals surface area contributed by atoms with Crippen molar-refractivity contribution in [3.05, 3.63) is 60.0 Å². The van der Waals surface area contributed by atoms with Gasteiger partial charge < -0.3 is 14.5 Å². The molecule has 1 aliphatic heterocycles. The normalized spacial score (nSPS) is 15.3. The Balaban J connectivity index is 1.56. The molecule has 30 heavy (non-hydrogen) atoms. The number of nitrogens with one attached hydrogen (secondary N) is 1. The minimum Gasteiger partial charge on any atom is -0.497 e. The van der Waals surface area contributed by atoms with E-state index >= 15 is 0 Å². The fourth-order valence-corrected chi connectivity index (χ4v) is 3.83. The van der Waals surface area contributed by atoms with Gasteiger partial charge in [-0.15, -0.1) is 0 Å². The van der Waals surface area contributed by atoms with Crippen molar-refractivity contribution < 1.29 is 9.15 Å². The SMILES string of the molecule is COc1ccc([C@H](CNc2oc(-c3cccnc3)nc2C#N)N2CCCCC2)cc1. The summed E-state index contributed by atoms with van der Waals surface area (Å²) in [6.07, 6.45) is 7.03. The van der Waals surface area contributed by atoms with E-state index in [4.69, 9.17) is 9.15 Å². The van der Waals surface area contributed by atoms with E-state index in [9.17, 15) is 5.26 Å². The lowest BCUT2D eigenvalue weighted by molar-refractivity contribution is 0.170. The van der Waals surface area contributed by atoms with Crippen molar-refractivity contribution in [1.82, 2.24) is 14.9 Å². The van der Waals surface area contributed by atoms with Gasteiger partial charge in [0.1, 0.15) is 11.8 Å². The summed E-state index contributed by atoms with van der Waals surface area (Å²) >= 11 is 0. The van der Waals surface area contributed by atoms with Gasteiger partial charge in [0, 0.05) is 18.9 Å². The van der Waals surface area contributed by atoms with Crippen LogP contribution in [0.4, 0.5) is 5.88 Å². The molecule has 2 aromatic heterocycles. The van der Waals surface area contributed by atoms with Crippen LogP contribution in [0.5, 0.6) is 5.75 Å². The lowest BCUT2D eigenvalue weighted by Crippen LogP contribution is -2.37. The van der Waals surface area contributed by atoms with Crippen LogP contribution in [-0.2, 0) is 0 Å². The zero-order valence-electron chi connectivity index (χ0n) is 17.0. The number of rotatable bonds is 7. The van der Waals surface area contributed by atoms with Gasteiger partial charge >= 0.3 is 0 Å². The van der Waals surface area contributed by atoms with Crippen LogP contribution in [-0.4, -0.2) is 41.6 Å². The quantitative estimate of drug-likeness (QED) is 0.631. The van der Waals surface area contributed by atoms with E-state index in [-0.39, 0.29) is 11.7 Å². The average Bonchev–Trinajstić information content (AvgIpc) is 3.24. The highest BCUT2D eigenvalue weighted by atomic mass is 16.5. The molecule has 1 atom stereocenters. The molecule has 1 fully saturated rings. The zero-order chi connectivity index (χ0) is 20.8. The number of nitrogens with zero attached hydrogens (tertiary/aromatic N) is 4. The third kappa shape index (κ3) is 4.44. The Kier molecular flexibility index (Phi) is 6.26. The van der Waals surface area contributed by atoms with Gasteiger partial charge in [0.2, 0.25) is 17.5 Å². The molecule has 3 aromatic rings. The molecule has 3 heterocycles. The molecule has 4 rings (SSSR count). The van der Waals surface area contributed by atoms with E-state index in [1.807, 2.05) is 24.3 Å². The highest BCUT2D eigenvalue weighted by molar-refractivity contribution is 5.57. The highest BCUT2D eigenvalue weighted by Gasteiger charge is 2.24.